The summed E-state index contributed by atoms with van der Waals surface area (Å²) < 4.78 is 0. The van der Waals surface area contributed by atoms with E-state index in [0.29, 0.717) is 17.9 Å². The minimum atomic E-state index is 0.00653. The lowest BCUT2D eigenvalue weighted by molar-refractivity contribution is -0.132. The highest BCUT2D eigenvalue weighted by atomic mass is 16.2. The van der Waals surface area contributed by atoms with Crippen LogP contribution in [0.2, 0.25) is 0 Å². The van der Waals surface area contributed by atoms with Crippen LogP contribution >= 0.6 is 0 Å². The lowest BCUT2D eigenvalue weighted by Gasteiger charge is -2.26. The number of rotatable bonds is 1. The van der Waals surface area contributed by atoms with E-state index in [1.54, 1.807) is 12.3 Å². The fourth-order valence-electron chi connectivity index (χ4n) is 4.36. The SMILES string of the molecule is C=O.CN1CCC(c2cc[nH]c(=O)c2)C1.O=C1CCCCC[C@H]2CCCN12. The Morgan fingerprint density at radius 1 is 1.04 bits per heavy atom. The first-order valence-corrected chi connectivity index (χ1v) is 10.1. The molecule has 3 aliphatic heterocycles. The molecule has 3 aliphatic rings. The minimum absolute atomic E-state index is 0.00653. The van der Waals surface area contributed by atoms with Gasteiger partial charge in [-0.3, -0.25) is 9.59 Å². The summed E-state index contributed by atoms with van der Waals surface area (Å²) in [4.78, 5) is 37.7. The van der Waals surface area contributed by atoms with E-state index in [0.717, 1.165) is 32.5 Å². The van der Waals surface area contributed by atoms with Crippen molar-refractivity contribution in [3.63, 3.8) is 0 Å². The third-order valence-electron chi connectivity index (χ3n) is 5.79. The number of fused-ring (bicyclic) bond motifs is 1. The molecule has 3 saturated heterocycles. The van der Waals surface area contributed by atoms with Crippen LogP contribution in [0.25, 0.3) is 0 Å². The Kier molecular flexibility index (Phi) is 8.72. The lowest BCUT2D eigenvalue weighted by atomic mass is 10.00. The van der Waals surface area contributed by atoms with Crippen molar-refractivity contribution in [1.29, 1.82) is 0 Å². The van der Waals surface area contributed by atoms with Crippen LogP contribution < -0.4 is 5.56 Å². The monoisotopic (exact) mass is 375 g/mol. The van der Waals surface area contributed by atoms with Crippen molar-refractivity contribution in [2.24, 2.45) is 0 Å². The number of hydrogen-bond donors (Lipinski definition) is 1. The molecule has 6 heteroatoms. The topological polar surface area (TPSA) is 73.5 Å². The average Bonchev–Trinajstić information content (AvgIpc) is 3.31. The fraction of sp³-hybridized carbons (Fsp3) is 0.667. The molecular formula is C21H33N3O3. The van der Waals surface area contributed by atoms with Gasteiger partial charge in [0.2, 0.25) is 11.5 Å². The number of aromatic nitrogens is 1. The second-order valence-electron chi connectivity index (χ2n) is 7.72. The molecule has 1 amide bonds. The Labute approximate surface area is 161 Å². The first-order chi connectivity index (χ1) is 13.1. The third kappa shape index (κ3) is 6.31. The van der Waals surface area contributed by atoms with Gasteiger partial charge in [0.1, 0.15) is 6.79 Å². The van der Waals surface area contributed by atoms with Gasteiger partial charge in [0.15, 0.2) is 0 Å². The second-order valence-corrected chi connectivity index (χ2v) is 7.72. The van der Waals surface area contributed by atoms with E-state index >= 15 is 0 Å². The molecule has 0 saturated carbocycles. The molecule has 4 heterocycles. The van der Waals surface area contributed by atoms with Crippen LogP contribution in [0, 0.1) is 0 Å². The highest BCUT2D eigenvalue weighted by molar-refractivity contribution is 5.76. The normalized spacial score (nSPS) is 25.4. The van der Waals surface area contributed by atoms with E-state index in [2.05, 4.69) is 21.8 Å². The van der Waals surface area contributed by atoms with Crippen LogP contribution in [0.3, 0.4) is 0 Å². The molecule has 1 unspecified atom stereocenters. The molecule has 0 bridgehead atoms. The summed E-state index contributed by atoms with van der Waals surface area (Å²) in [6, 6.07) is 4.33. The zero-order chi connectivity index (χ0) is 19.6. The number of likely N-dealkylation sites (N-methyl/N-ethyl adjacent to an activating group) is 1. The highest BCUT2D eigenvalue weighted by Gasteiger charge is 2.28. The molecule has 0 aromatic carbocycles. The maximum Gasteiger partial charge on any atom is 0.248 e. The molecule has 0 radical (unpaired) electrons. The van der Waals surface area contributed by atoms with E-state index in [4.69, 9.17) is 4.79 Å². The summed E-state index contributed by atoms with van der Waals surface area (Å²) in [6.07, 6.45) is 11.1. The molecule has 0 spiro atoms. The molecule has 3 fully saturated rings. The zero-order valence-electron chi connectivity index (χ0n) is 16.5. The predicted octanol–water partition coefficient (Wildman–Crippen LogP) is 2.55. The van der Waals surface area contributed by atoms with Crippen LogP contribution in [-0.4, -0.2) is 60.2 Å². The first kappa shape index (κ1) is 21.4. The molecular weight excluding hydrogens is 342 g/mol. The Bertz CT molecular complexity index is 646. The summed E-state index contributed by atoms with van der Waals surface area (Å²) in [6.45, 7) is 5.24. The van der Waals surface area contributed by atoms with E-state index < -0.39 is 0 Å². The van der Waals surface area contributed by atoms with E-state index in [9.17, 15) is 9.59 Å². The number of carbonyl (C=O) groups is 2. The lowest BCUT2D eigenvalue weighted by Crippen LogP contribution is -2.36. The van der Waals surface area contributed by atoms with Crippen LogP contribution in [0.4, 0.5) is 0 Å². The molecule has 27 heavy (non-hydrogen) atoms. The Hall–Kier alpha value is -1.95. The molecule has 150 valence electrons. The number of hydrogen-bond acceptors (Lipinski definition) is 4. The van der Waals surface area contributed by atoms with Gasteiger partial charge in [-0.05, 0) is 63.2 Å². The van der Waals surface area contributed by atoms with Crippen LogP contribution in [0.15, 0.2) is 23.1 Å². The largest absolute Gasteiger partial charge is 0.340 e. The number of H-pyrrole nitrogens is 1. The van der Waals surface area contributed by atoms with Crippen LogP contribution in [0.5, 0.6) is 0 Å². The number of pyridine rings is 1. The maximum atomic E-state index is 11.6. The molecule has 1 N–H and O–H groups in total. The number of aromatic amines is 1. The third-order valence-corrected chi connectivity index (χ3v) is 5.79. The summed E-state index contributed by atoms with van der Waals surface area (Å²) in [5.41, 5.74) is 1.18. The summed E-state index contributed by atoms with van der Waals surface area (Å²) in [5, 5.41) is 0. The van der Waals surface area contributed by atoms with Gasteiger partial charge in [0.25, 0.3) is 0 Å². The Morgan fingerprint density at radius 3 is 2.52 bits per heavy atom. The minimum Gasteiger partial charge on any atom is -0.340 e. The molecule has 2 atom stereocenters. The van der Waals surface area contributed by atoms with Crippen molar-refractivity contribution < 1.29 is 9.59 Å². The maximum absolute atomic E-state index is 11.6. The molecule has 1 aromatic heterocycles. The molecule has 1 aromatic rings. The molecule has 6 nitrogen and oxygen atoms in total. The van der Waals surface area contributed by atoms with Crippen molar-refractivity contribution in [1.82, 2.24) is 14.8 Å². The molecule has 4 rings (SSSR count). The van der Waals surface area contributed by atoms with Crippen LogP contribution in [-0.2, 0) is 9.59 Å². The second kappa shape index (κ2) is 11.0. The van der Waals surface area contributed by atoms with E-state index in [-0.39, 0.29) is 5.56 Å². The zero-order valence-corrected chi connectivity index (χ0v) is 16.5. The standard InChI is InChI=1S/C10H14N2O.C10H17NO.CH2O/c1-12-5-3-9(7-12)8-2-4-11-10(13)6-8;12-10-7-3-1-2-5-9-6-4-8-11(9)10;1-2/h2,4,6,9H,3,5,7H2,1H3,(H,11,13);9H,1-8H2;1H2/t;9-;/m.0./s1. The van der Waals surface area contributed by atoms with Crippen LogP contribution in [0.1, 0.15) is 62.8 Å². The summed E-state index contributed by atoms with van der Waals surface area (Å²) in [7, 11) is 2.12. The van der Waals surface area contributed by atoms with Crippen molar-refractivity contribution in [3.8, 4) is 0 Å². The van der Waals surface area contributed by atoms with E-state index in [1.807, 2.05) is 12.9 Å². The quantitative estimate of drug-likeness (QED) is 0.819. The Balaban J connectivity index is 0.000000178. The van der Waals surface area contributed by atoms with E-state index in [1.165, 1.54) is 44.1 Å². The number of nitrogens with zero attached hydrogens (tertiary/aromatic N) is 2. The van der Waals surface area contributed by atoms with Gasteiger partial charge < -0.3 is 19.6 Å². The van der Waals surface area contributed by atoms with Crippen molar-refractivity contribution in [3.05, 3.63) is 34.2 Å². The van der Waals surface area contributed by atoms with Gasteiger partial charge in [-0.15, -0.1) is 0 Å². The average molecular weight is 376 g/mol. The van der Waals surface area contributed by atoms with Gasteiger partial charge in [-0.1, -0.05) is 12.8 Å². The Morgan fingerprint density at radius 2 is 1.81 bits per heavy atom. The van der Waals surface area contributed by atoms with Gasteiger partial charge in [-0.25, -0.2) is 0 Å². The van der Waals surface area contributed by atoms with Gasteiger partial charge in [-0.2, -0.15) is 0 Å². The van der Waals surface area contributed by atoms with Gasteiger partial charge >= 0.3 is 0 Å². The first-order valence-electron chi connectivity index (χ1n) is 10.1. The smallest absolute Gasteiger partial charge is 0.248 e. The highest BCUT2D eigenvalue weighted by Crippen LogP contribution is 2.26. The number of carbonyl (C=O) groups excluding carboxylic acids is 2. The fourth-order valence-corrected chi connectivity index (χ4v) is 4.36. The van der Waals surface area contributed by atoms with Crippen molar-refractivity contribution in [2.45, 2.75) is 63.3 Å². The van der Waals surface area contributed by atoms with Crippen molar-refractivity contribution in [2.75, 3.05) is 26.7 Å². The summed E-state index contributed by atoms with van der Waals surface area (Å²) in [5.74, 6) is 0.963. The number of nitrogens with one attached hydrogen (secondary N) is 1. The number of likely N-dealkylation sites (tertiary alicyclic amines) is 1. The predicted molar refractivity (Wildman–Crippen MR) is 107 cm³/mol. The van der Waals surface area contributed by atoms with Gasteiger partial charge in [0.05, 0.1) is 0 Å². The van der Waals surface area contributed by atoms with Gasteiger partial charge in [0, 0.05) is 37.8 Å². The summed E-state index contributed by atoms with van der Waals surface area (Å²) >= 11 is 0. The molecule has 0 aliphatic carbocycles. The number of amides is 1. The van der Waals surface area contributed by atoms with Crippen molar-refractivity contribution >= 4 is 12.7 Å².